The number of nitrogens with zero attached hydrogens (tertiary/aromatic N) is 2. The second-order valence-corrected chi connectivity index (χ2v) is 5.51. The average molecular weight is 332 g/mol. The highest BCUT2D eigenvalue weighted by atomic mass is 79.9. The Morgan fingerprint density at radius 3 is 2.70 bits per heavy atom. The van der Waals surface area contributed by atoms with Crippen molar-refractivity contribution in [1.82, 2.24) is 9.55 Å². The van der Waals surface area contributed by atoms with Gasteiger partial charge in [0.1, 0.15) is 5.75 Å². The Bertz CT molecular complexity index is 795. The third kappa shape index (κ3) is 2.04. The number of hydrogen-bond acceptors (Lipinski definition) is 3. The lowest BCUT2D eigenvalue weighted by Gasteiger charge is -2.11. The number of hydrogen-bond donors (Lipinski definition) is 1. The maximum absolute atomic E-state index is 6.08. The van der Waals surface area contributed by atoms with Crippen LogP contribution in [0, 0.1) is 6.92 Å². The Morgan fingerprint density at radius 1 is 1.20 bits per heavy atom. The first kappa shape index (κ1) is 13.0. The van der Waals surface area contributed by atoms with E-state index in [1.165, 1.54) is 0 Å². The fourth-order valence-electron chi connectivity index (χ4n) is 2.33. The molecule has 4 nitrogen and oxygen atoms in total. The topological polar surface area (TPSA) is 53.1 Å². The molecule has 0 aliphatic rings. The van der Waals surface area contributed by atoms with Gasteiger partial charge >= 0.3 is 0 Å². The van der Waals surface area contributed by atoms with Gasteiger partial charge in [0.25, 0.3) is 0 Å². The van der Waals surface area contributed by atoms with Gasteiger partial charge in [-0.25, -0.2) is 4.98 Å². The fourth-order valence-corrected chi connectivity index (χ4v) is 2.68. The normalized spacial score (nSPS) is 10.9. The largest absolute Gasteiger partial charge is 0.497 e. The number of benzene rings is 2. The van der Waals surface area contributed by atoms with E-state index >= 15 is 0 Å². The molecule has 102 valence electrons. The maximum atomic E-state index is 6.08. The van der Waals surface area contributed by atoms with Crippen LogP contribution in [-0.2, 0) is 0 Å². The lowest BCUT2D eigenvalue weighted by molar-refractivity contribution is 0.414. The number of aromatic nitrogens is 2. The average Bonchev–Trinajstić information content (AvgIpc) is 2.73. The zero-order valence-electron chi connectivity index (χ0n) is 11.2. The van der Waals surface area contributed by atoms with Crippen molar-refractivity contribution in [1.29, 1.82) is 0 Å². The summed E-state index contributed by atoms with van der Waals surface area (Å²) in [5, 5.41) is 0. The van der Waals surface area contributed by atoms with Crippen molar-refractivity contribution in [3.05, 3.63) is 46.4 Å². The van der Waals surface area contributed by atoms with Crippen LogP contribution in [0.3, 0.4) is 0 Å². The van der Waals surface area contributed by atoms with Crippen molar-refractivity contribution in [2.24, 2.45) is 0 Å². The van der Waals surface area contributed by atoms with Gasteiger partial charge in [-0.15, -0.1) is 0 Å². The SMILES string of the molecule is COc1ccc(-n2c(N)nc3cc(Br)ccc32)c(C)c1. The van der Waals surface area contributed by atoms with E-state index in [2.05, 4.69) is 20.9 Å². The molecule has 20 heavy (non-hydrogen) atoms. The van der Waals surface area contributed by atoms with E-state index in [1.54, 1.807) is 7.11 Å². The van der Waals surface area contributed by atoms with Crippen molar-refractivity contribution in [2.75, 3.05) is 12.8 Å². The monoisotopic (exact) mass is 331 g/mol. The van der Waals surface area contributed by atoms with E-state index in [1.807, 2.05) is 47.9 Å². The van der Waals surface area contributed by atoms with E-state index in [-0.39, 0.29) is 0 Å². The summed E-state index contributed by atoms with van der Waals surface area (Å²) in [5.74, 6) is 1.31. The zero-order chi connectivity index (χ0) is 14.3. The van der Waals surface area contributed by atoms with Gasteiger partial charge in [-0.1, -0.05) is 15.9 Å². The summed E-state index contributed by atoms with van der Waals surface area (Å²) in [7, 11) is 1.66. The molecule has 3 aromatic rings. The molecule has 0 unspecified atom stereocenters. The van der Waals surface area contributed by atoms with Crippen molar-refractivity contribution in [3.8, 4) is 11.4 Å². The van der Waals surface area contributed by atoms with Gasteiger partial charge in [0.15, 0.2) is 0 Å². The van der Waals surface area contributed by atoms with Crippen molar-refractivity contribution in [2.45, 2.75) is 6.92 Å². The highest BCUT2D eigenvalue weighted by molar-refractivity contribution is 9.10. The maximum Gasteiger partial charge on any atom is 0.205 e. The second kappa shape index (κ2) is 4.83. The van der Waals surface area contributed by atoms with Gasteiger partial charge in [0, 0.05) is 4.47 Å². The van der Waals surface area contributed by atoms with Crippen LogP contribution in [0.25, 0.3) is 16.7 Å². The van der Waals surface area contributed by atoms with E-state index < -0.39 is 0 Å². The number of nitrogen functional groups attached to an aromatic ring is 1. The van der Waals surface area contributed by atoms with Crippen LogP contribution in [0.4, 0.5) is 5.95 Å². The van der Waals surface area contributed by atoms with Gasteiger partial charge in [-0.3, -0.25) is 4.57 Å². The molecule has 0 radical (unpaired) electrons. The predicted octanol–water partition coefficient (Wildman–Crippen LogP) is 3.69. The molecule has 1 aromatic heterocycles. The first-order valence-corrected chi connectivity index (χ1v) is 6.98. The lowest BCUT2D eigenvalue weighted by Crippen LogP contribution is -2.02. The number of aryl methyl sites for hydroxylation is 1. The minimum atomic E-state index is 0.478. The summed E-state index contributed by atoms with van der Waals surface area (Å²) in [4.78, 5) is 4.41. The lowest BCUT2D eigenvalue weighted by atomic mass is 10.2. The second-order valence-electron chi connectivity index (χ2n) is 4.59. The van der Waals surface area contributed by atoms with E-state index in [4.69, 9.17) is 10.5 Å². The fraction of sp³-hybridized carbons (Fsp3) is 0.133. The third-order valence-electron chi connectivity index (χ3n) is 3.29. The van der Waals surface area contributed by atoms with E-state index in [0.29, 0.717) is 5.95 Å². The number of methoxy groups -OCH3 is 1. The quantitative estimate of drug-likeness (QED) is 0.779. The van der Waals surface area contributed by atoms with Crippen molar-refractivity contribution < 1.29 is 4.74 Å². The molecular formula is C15H14BrN3O. The molecule has 2 N–H and O–H groups in total. The molecule has 0 amide bonds. The summed E-state index contributed by atoms with van der Waals surface area (Å²) in [6.07, 6.45) is 0. The molecule has 0 aliphatic heterocycles. The van der Waals surface area contributed by atoms with E-state index in [9.17, 15) is 0 Å². The van der Waals surface area contributed by atoms with Gasteiger partial charge in [0.2, 0.25) is 5.95 Å². The first-order valence-electron chi connectivity index (χ1n) is 6.18. The number of nitrogens with two attached hydrogens (primary N) is 1. The minimum absolute atomic E-state index is 0.478. The molecular weight excluding hydrogens is 318 g/mol. The van der Waals surface area contributed by atoms with Crippen LogP contribution in [0.15, 0.2) is 40.9 Å². The molecule has 5 heteroatoms. The Labute approximate surface area is 125 Å². The predicted molar refractivity (Wildman–Crippen MR) is 84.5 cm³/mol. The minimum Gasteiger partial charge on any atom is -0.497 e. The van der Waals surface area contributed by atoms with Crippen LogP contribution in [0.1, 0.15) is 5.56 Å². The standard InChI is InChI=1S/C15H14BrN3O/c1-9-7-11(20-2)4-6-13(9)19-14-5-3-10(16)8-12(14)18-15(19)17/h3-8H,1-2H3,(H2,17,18). The summed E-state index contributed by atoms with van der Waals surface area (Å²) in [6, 6.07) is 11.9. The van der Waals surface area contributed by atoms with Crippen molar-refractivity contribution >= 4 is 32.9 Å². The Morgan fingerprint density at radius 2 is 2.00 bits per heavy atom. The summed E-state index contributed by atoms with van der Waals surface area (Å²) in [6.45, 7) is 2.03. The van der Waals surface area contributed by atoms with Crippen LogP contribution < -0.4 is 10.5 Å². The number of anilines is 1. The van der Waals surface area contributed by atoms with Crippen LogP contribution in [0.2, 0.25) is 0 Å². The third-order valence-corrected chi connectivity index (χ3v) is 3.78. The van der Waals surface area contributed by atoms with Crippen LogP contribution in [0.5, 0.6) is 5.75 Å². The molecule has 0 spiro atoms. The molecule has 2 aromatic carbocycles. The van der Waals surface area contributed by atoms with Crippen molar-refractivity contribution in [3.63, 3.8) is 0 Å². The molecule has 3 rings (SSSR count). The Kier molecular flexibility index (Phi) is 3.14. The number of rotatable bonds is 2. The summed E-state index contributed by atoms with van der Waals surface area (Å²) < 4.78 is 8.18. The van der Waals surface area contributed by atoms with Crippen LogP contribution >= 0.6 is 15.9 Å². The summed E-state index contributed by atoms with van der Waals surface area (Å²) >= 11 is 3.45. The molecule has 0 bridgehead atoms. The molecule has 0 saturated heterocycles. The molecule has 0 fully saturated rings. The Hall–Kier alpha value is -2.01. The van der Waals surface area contributed by atoms with Crippen LogP contribution in [-0.4, -0.2) is 16.7 Å². The number of ether oxygens (including phenoxy) is 1. The molecule has 0 aliphatic carbocycles. The van der Waals surface area contributed by atoms with Gasteiger partial charge < -0.3 is 10.5 Å². The number of fused-ring (bicyclic) bond motifs is 1. The van der Waals surface area contributed by atoms with E-state index in [0.717, 1.165) is 32.5 Å². The molecule has 0 saturated carbocycles. The number of halogens is 1. The highest BCUT2D eigenvalue weighted by Crippen LogP contribution is 2.28. The summed E-state index contributed by atoms with van der Waals surface area (Å²) in [5.41, 5.74) is 10.0. The van der Waals surface area contributed by atoms with Gasteiger partial charge in [-0.2, -0.15) is 0 Å². The molecule has 0 atom stereocenters. The highest BCUT2D eigenvalue weighted by Gasteiger charge is 2.12. The zero-order valence-corrected chi connectivity index (χ0v) is 12.8. The van der Waals surface area contributed by atoms with Gasteiger partial charge in [0.05, 0.1) is 23.8 Å². The molecule has 1 heterocycles. The smallest absolute Gasteiger partial charge is 0.205 e. The Balaban J connectivity index is 2.26. The number of imidazole rings is 1. The first-order chi connectivity index (χ1) is 9.60. The van der Waals surface area contributed by atoms with Gasteiger partial charge in [-0.05, 0) is 48.9 Å².